The first kappa shape index (κ1) is 11.3. The fraction of sp³-hybridized carbons (Fsp3) is 0. The molecule has 0 spiro atoms. The number of furan rings is 1. The third-order valence-electron chi connectivity index (χ3n) is 7.80. The quantitative estimate of drug-likeness (QED) is 0.174. The van der Waals surface area contributed by atoms with E-state index >= 15 is 0 Å². The largest absolute Gasteiger partial charge is 0.455 e. The van der Waals surface area contributed by atoms with Crippen LogP contribution in [0.5, 0.6) is 0 Å². The van der Waals surface area contributed by atoms with Gasteiger partial charge >= 0.3 is 0 Å². The van der Waals surface area contributed by atoms with Gasteiger partial charge in [0, 0.05) is 38.7 Å². The monoisotopic (exact) mass is 684 g/mol. The van der Waals surface area contributed by atoms with Crippen molar-refractivity contribution in [1.29, 1.82) is 0 Å². The van der Waals surface area contributed by atoms with Crippen molar-refractivity contribution in [3.8, 4) is 27.9 Å². The molecule has 0 atom stereocenters. The van der Waals surface area contributed by atoms with Gasteiger partial charge in [-0.25, -0.2) is 0 Å². The molecule has 3 nitrogen and oxygen atoms in total. The van der Waals surface area contributed by atoms with Crippen molar-refractivity contribution in [2.45, 2.75) is 0 Å². The molecule has 0 fully saturated rings. The third-order valence-corrected chi connectivity index (χ3v) is 7.80. The van der Waals surface area contributed by atoms with E-state index < -0.39 is 282 Å². The van der Waals surface area contributed by atoms with E-state index in [1.165, 1.54) is 0 Å². The molecule has 10 rings (SSSR count). The molecule has 0 radical (unpaired) electrons. The lowest BCUT2D eigenvalue weighted by Gasteiger charge is -2.27. The molecule has 0 bridgehead atoms. The lowest BCUT2D eigenvalue weighted by molar-refractivity contribution is 0.670. The Labute approximate surface area is 340 Å². The fourth-order valence-corrected chi connectivity index (χ4v) is 5.74. The molecular weight excluding hydrogens is 621 g/mol. The average molecular weight is 685 g/mol. The number of hydrogen-bond donors (Lipinski definition) is 0. The summed E-state index contributed by atoms with van der Waals surface area (Å²) in [5, 5.41) is -2.87. The maximum atomic E-state index is 10.1. The summed E-state index contributed by atoms with van der Waals surface area (Å²) in [6.45, 7) is 0. The zero-order valence-corrected chi connectivity index (χ0v) is 25.3. The van der Waals surface area contributed by atoms with E-state index in [1.54, 1.807) is 0 Å². The molecule has 0 saturated heterocycles. The second-order valence-corrected chi connectivity index (χ2v) is 10.5. The Hall–Kier alpha value is -6.84. The zero-order valence-electron chi connectivity index (χ0n) is 57.3. The van der Waals surface area contributed by atoms with E-state index in [4.69, 9.17) is 33.2 Å². The third kappa shape index (κ3) is 4.74. The van der Waals surface area contributed by atoms with Gasteiger partial charge in [-0.2, -0.15) is 0 Å². The molecule has 10 aromatic rings. The normalized spacial score (nSPS) is 20.3. The van der Waals surface area contributed by atoms with Crippen LogP contribution < -0.4 is 4.90 Å². The summed E-state index contributed by atoms with van der Waals surface area (Å²) in [6.07, 6.45) is 0. The van der Waals surface area contributed by atoms with E-state index in [2.05, 4.69) is 0 Å². The van der Waals surface area contributed by atoms with Gasteiger partial charge in [-0.05, 0) is 71.6 Å². The van der Waals surface area contributed by atoms with Gasteiger partial charge in [0.05, 0.1) is 71.7 Å². The van der Waals surface area contributed by atoms with Gasteiger partial charge in [-0.1, -0.05) is 133 Å². The van der Waals surface area contributed by atoms with Crippen molar-refractivity contribution < 1.29 is 48.3 Å². The predicted molar refractivity (Wildman–Crippen MR) is 214 cm³/mol. The van der Waals surface area contributed by atoms with Crippen LogP contribution in [-0.2, 0) is 0 Å². The molecule has 8 aromatic carbocycles. The van der Waals surface area contributed by atoms with Crippen molar-refractivity contribution in [2.24, 2.45) is 0 Å². The first-order valence-electron chi connectivity index (χ1n) is 30.7. The van der Waals surface area contributed by atoms with Crippen LogP contribution in [0.25, 0.3) is 71.7 Å². The van der Waals surface area contributed by atoms with Crippen LogP contribution >= 0.6 is 0 Å². The summed E-state index contributed by atoms with van der Waals surface area (Å²) in [4.78, 5) is 0.366. The smallest absolute Gasteiger partial charge is 0.145 e. The fourth-order valence-electron chi connectivity index (χ4n) is 5.74. The molecule has 2 heterocycles. The minimum atomic E-state index is -1.34. The summed E-state index contributed by atoms with van der Waals surface area (Å²) in [5.41, 5.74) is -11.6. The van der Waals surface area contributed by atoms with Crippen LogP contribution in [0.15, 0.2) is 198 Å². The molecule has 0 saturated carbocycles. The number of hydrogen-bond acceptors (Lipinski definition) is 2. The molecule has 0 N–H and O–H groups in total. The van der Waals surface area contributed by atoms with E-state index in [1.807, 2.05) is 0 Å². The van der Waals surface area contributed by atoms with Crippen LogP contribution in [0.2, 0.25) is 0 Å². The van der Waals surface area contributed by atoms with E-state index in [0.717, 1.165) is 0 Å². The Morgan fingerprint density at radius 3 is 1.80 bits per heavy atom. The second kappa shape index (κ2) is 11.9. The molecule has 0 unspecified atom stereocenters. The molecular formula is C48H32N2O. The Morgan fingerprint density at radius 2 is 1.04 bits per heavy atom. The van der Waals surface area contributed by atoms with E-state index in [9.17, 15) is 15.1 Å². The van der Waals surface area contributed by atoms with Crippen molar-refractivity contribution >= 4 is 60.8 Å². The van der Waals surface area contributed by atoms with Crippen molar-refractivity contribution in [3.05, 3.63) is 193 Å². The lowest BCUT2D eigenvalue weighted by atomic mass is 9.98. The van der Waals surface area contributed by atoms with Gasteiger partial charge in [-0.15, -0.1) is 0 Å². The number of fused-ring (bicyclic) bond motifs is 6. The SMILES string of the molecule is [2H]c1c([2H])c([2H])c(-c2c([2H])c([2H])c([2H])c(N(c3c([2H])c([2H])c([2H])c([2H])c3[2H])c3c([2H])c([2H])c(-c4c([2H])c([2H])c([2H])c([2H])c4-n4c5c([2H])c([2H])c([2H])c([2H])c5c5c([2H])c([2H])c([2H])c([2H])c54)c4oc5c([2H])c([2H])c([2H])c([2H])c5c34)c2[2H])c([2H])c1[2H]. The molecule has 0 aliphatic carbocycles. The number of nitrogens with zero attached hydrogens (tertiary/aromatic N) is 2. The van der Waals surface area contributed by atoms with Gasteiger partial charge in [0.2, 0.25) is 0 Å². The minimum absolute atomic E-state index is 0.366. The highest BCUT2D eigenvalue weighted by molar-refractivity contribution is 6.18. The standard InChI is InChI=1S/C48H32N2O/c1-3-16-33(17-4-1)34-18-15-21-36(32-34)49(35-19-5-2-6-20-35)45-31-30-40(48-47(45)41-25-10-14-29-46(41)51-48)39-24-9-13-28-44(39)50-42-26-11-7-22-37(42)38-23-8-12-27-43(38)50/h1-32H/i1D,2D,3D,4D,5D,6D,7D,8D,9D,10D,11D,12D,13D,14D,15D,16D,17D,18D,19D,20D,21D,22D,23D,24D,25D,26D,27D,28D,29D,30D,31D,32D. The van der Waals surface area contributed by atoms with Crippen LogP contribution in [0.4, 0.5) is 17.1 Å². The van der Waals surface area contributed by atoms with Crippen molar-refractivity contribution in [2.75, 3.05) is 4.90 Å². The van der Waals surface area contributed by atoms with Gasteiger partial charge in [0.25, 0.3) is 0 Å². The molecule has 3 heteroatoms. The van der Waals surface area contributed by atoms with Gasteiger partial charge in [-0.3, -0.25) is 0 Å². The van der Waals surface area contributed by atoms with Crippen LogP contribution in [0, 0.1) is 0 Å². The topological polar surface area (TPSA) is 21.3 Å². The summed E-state index contributed by atoms with van der Waals surface area (Å²) < 4.78 is 296. The Kier molecular flexibility index (Phi) is 2.66. The maximum absolute atomic E-state index is 10.1. The zero-order chi connectivity index (χ0) is 61.6. The van der Waals surface area contributed by atoms with Crippen LogP contribution in [0.1, 0.15) is 43.9 Å². The lowest BCUT2D eigenvalue weighted by Crippen LogP contribution is -2.10. The number of anilines is 3. The summed E-state index contributed by atoms with van der Waals surface area (Å²) in [6, 6.07) is -34.4. The van der Waals surface area contributed by atoms with Gasteiger partial charge in [0.15, 0.2) is 0 Å². The highest BCUT2D eigenvalue weighted by atomic mass is 16.3. The molecule has 2 aromatic heterocycles. The molecule has 0 amide bonds. The first-order valence-corrected chi connectivity index (χ1v) is 14.7. The van der Waals surface area contributed by atoms with Crippen molar-refractivity contribution in [1.82, 2.24) is 4.57 Å². The molecule has 51 heavy (non-hydrogen) atoms. The van der Waals surface area contributed by atoms with Crippen LogP contribution in [-0.4, -0.2) is 4.57 Å². The van der Waals surface area contributed by atoms with E-state index in [-0.39, 0.29) is 0 Å². The number of rotatable bonds is 6. The van der Waals surface area contributed by atoms with Crippen LogP contribution in [0.3, 0.4) is 0 Å². The number of para-hydroxylation sites is 5. The Balaban J connectivity index is 1.53. The molecule has 240 valence electrons. The summed E-state index contributed by atoms with van der Waals surface area (Å²) in [5.74, 6) is 0. The summed E-state index contributed by atoms with van der Waals surface area (Å²) >= 11 is 0. The Morgan fingerprint density at radius 1 is 0.451 bits per heavy atom. The van der Waals surface area contributed by atoms with Crippen molar-refractivity contribution in [3.63, 3.8) is 0 Å². The number of aromatic nitrogens is 1. The number of benzene rings is 8. The average Bonchev–Trinajstić information content (AvgIpc) is 1.95. The van der Waals surface area contributed by atoms with Gasteiger partial charge in [0.1, 0.15) is 11.2 Å². The highest BCUT2D eigenvalue weighted by Gasteiger charge is 2.24. The van der Waals surface area contributed by atoms with E-state index in [0.29, 0.717) is 9.47 Å². The maximum Gasteiger partial charge on any atom is 0.145 e. The Bertz CT molecular complexity index is 4580. The second-order valence-electron chi connectivity index (χ2n) is 10.5. The summed E-state index contributed by atoms with van der Waals surface area (Å²) in [7, 11) is 0. The first-order chi connectivity index (χ1) is 38.6. The minimum Gasteiger partial charge on any atom is -0.455 e. The van der Waals surface area contributed by atoms with Gasteiger partial charge < -0.3 is 13.9 Å². The predicted octanol–water partition coefficient (Wildman–Crippen LogP) is 13.5. The molecule has 0 aliphatic heterocycles. The molecule has 0 aliphatic rings. The highest BCUT2D eigenvalue weighted by Crippen LogP contribution is 2.47.